The summed E-state index contributed by atoms with van der Waals surface area (Å²) in [7, 11) is 2.00. The molecule has 1 aromatic heterocycles. The number of hydrogen-bond donors (Lipinski definition) is 0. The van der Waals surface area contributed by atoms with Crippen molar-refractivity contribution in [2.45, 2.75) is 6.92 Å². The van der Waals surface area contributed by atoms with Crippen LogP contribution in [-0.2, 0) is 0 Å². The van der Waals surface area contributed by atoms with E-state index in [4.69, 9.17) is 0 Å². The molecule has 0 aromatic carbocycles. The van der Waals surface area contributed by atoms with Crippen LogP contribution < -0.4 is 4.90 Å². The average Bonchev–Trinajstić information content (AvgIpc) is 2.05. The lowest BCUT2D eigenvalue weighted by atomic mass is 10.5. The second-order valence-electron chi connectivity index (χ2n) is 2.21. The maximum absolute atomic E-state index is 4.20. The number of hydrogen-bond acceptors (Lipinski definition) is 3. The first-order valence-electron chi connectivity index (χ1n) is 3.42. The van der Waals surface area contributed by atoms with Crippen molar-refractivity contribution in [1.29, 1.82) is 0 Å². The number of anilines is 1. The molecule has 1 heterocycles. The van der Waals surface area contributed by atoms with E-state index in [-0.39, 0.29) is 0 Å². The lowest BCUT2D eigenvalue weighted by molar-refractivity contribution is 0.924. The summed E-state index contributed by atoms with van der Waals surface area (Å²) in [5.74, 6) is 0.924. The third-order valence-electron chi connectivity index (χ3n) is 1.47. The lowest BCUT2D eigenvalue weighted by Crippen LogP contribution is -2.17. The first-order chi connectivity index (χ1) is 5.24. The van der Waals surface area contributed by atoms with Gasteiger partial charge in [0.15, 0.2) is 0 Å². The van der Waals surface area contributed by atoms with Crippen LogP contribution in [0.2, 0.25) is 0 Å². The Bertz CT molecular complexity index is 222. The predicted octanol–water partition coefficient (Wildman–Crippen LogP) is 1.54. The van der Waals surface area contributed by atoms with Gasteiger partial charge in [-0.3, -0.25) is 0 Å². The molecule has 0 N–H and O–H groups in total. The summed E-state index contributed by atoms with van der Waals surface area (Å²) in [6.07, 6.45) is 3.55. The highest BCUT2D eigenvalue weighted by Crippen LogP contribution is 2.06. The van der Waals surface area contributed by atoms with Gasteiger partial charge in [0, 0.05) is 13.6 Å². The van der Waals surface area contributed by atoms with Gasteiger partial charge in [-0.2, -0.15) is 0 Å². The van der Waals surface area contributed by atoms with Crippen LogP contribution in [-0.4, -0.2) is 23.6 Å². The second kappa shape index (κ2) is 3.85. The topological polar surface area (TPSA) is 29.0 Å². The summed E-state index contributed by atoms with van der Waals surface area (Å²) >= 11 is 2.14. The van der Waals surface area contributed by atoms with E-state index in [0.29, 0.717) is 0 Å². The van der Waals surface area contributed by atoms with Gasteiger partial charge in [-0.25, -0.2) is 9.97 Å². The molecule has 0 saturated heterocycles. The highest BCUT2D eigenvalue weighted by molar-refractivity contribution is 14.1. The van der Waals surface area contributed by atoms with Gasteiger partial charge in [0.1, 0.15) is 9.52 Å². The van der Waals surface area contributed by atoms with E-state index in [1.807, 2.05) is 11.9 Å². The normalized spacial score (nSPS) is 9.73. The molecule has 3 nitrogen and oxygen atoms in total. The maximum atomic E-state index is 4.20. The summed E-state index contributed by atoms with van der Waals surface area (Å²) in [6, 6.07) is 0. The lowest BCUT2D eigenvalue weighted by Gasteiger charge is -2.13. The van der Waals surface area contributed by atoms with E-state index in [1.54, 1.807) is 12.4 Å². The number of halogens is 1. The SMILES string of the molecule is CCN(C)c1cnc(I)cn1. The fourth-order valence-corrected chi connectivity index (χ4v) is 0.943. The molecule has 0 unspecified atom stereocenters. The summed E-state index contributed by atoms with van der Waals surface area (Å²) in [6.45, 7) is 3.04. The molecule has 0 amide bonds. The van der Waals surface area contributed by atoms with Crippen LogP contribution in [0.25, 0.3) is 0 Å². The van der Waals surface area contributed by atoms with Crippen molar-refractivity contribution in [3.05, 3.63) is 16.1 Å². The van der Waals surface area contributed by atoms with Crippen LogP contribution in [0, 0.1) is 3.70 Å². The molecule has 0 aliphatic heterocycles. The second-order valence-corrected chi connectivity index (χ2v) is 3.32. The van der Waals surface area contributed by atoms with E-state index in [2.05, 4.69) is 39.5 Å². The number of nitrogens with zero attached hydrogens (tertiary/aromatic N) is 3. The standard InChI is InChI=1S/C7H10IN3/c1-3-11(2)7-5-9-6(8)4-10-7/h4-5H,3H2,1-2H3. The molecule has 0 aliphatic carbocycles. The van der Waals surface area contributed by atoms with E-state index >= 15 is 0 Å². The van der Waals surface area contributed by atoms with Gasteiger partial charge in [-0.05, 0) is 29.5 Å². The molecule has 0 saturated carbocycles. The molecule has 1 rings (SSSR count). The highest BCUT2D eigenvalue weighted by atomic mass is 127. The van der Waals surface area contributed by atoms with Gasteiger partial charge >= 0.3 is 0 Å². The van der Waals surface area contributed by atoms with Crippen LogP contribution in [0.15, 0.2) is 12.4 Å². The first-order valence-corrected chi connectivity index (χ1v) is 4.50. The van der Waals surface area contributed by atoms with Crippen molar-refractivity contribution in [3.63, 3.8) is 0 Å². The van der Waals surface area contributed by atoms with Crippen LogP contribution in [0.3, 0.4) is 0 Å². The Kier molecular flexibility index (Phi) is 3.04. The van der Waals surface area contributed by atoms with Crippen LogP contribution in [0.5, 0.6) is 0 Å². The van der Waals surface area contributed by atoms with Crippen molar-refractivity contribution in [1.82, 2.24) is 9.97 Å². The Morgan fingerprint density at radius 1 is 1.45 bits per heavy atom. The van der Waals surface area contributed by atoms with E-state index in [0.717, 1.165) is 16.1 Å². The molecule has 0 atom stereocenters. The Morgan fingerprint density at radius 2 is 2.18 bits per heavy atom. The maximum Gasteiger partial charge on any atom is 0.146 e. The Hall–Kier alpha value is -0.390. The molecule has 0 fully saturated rings. The Labute approximate surface area is 80.0 Å². The smallest absolute Gasteiger partial charge is 0.146 e. The first kappa shape index (κ1) is 8.70. The van der Waals surface area contributed by atoms with Crippen LogP contribution in [0.4, 0.5) is 5.82 Å². The fraction of sp³-hybridized carbons (Fsp3) is 0.429. The monoisotopic (exact) mass is 263 g/mol. The molecule has 0 radical (unpaired) electrons. The highest BCUT2D eigenvalue weighted by Gasteiger charge is 1.98. The minimum absolute atomic E-state index is 0.924. The van der Waals surface area contributed by atoms with E-state index in [9.17, 15) is 0 Å². The van der Waals surface area contributed by atoms with Gasteiger partial charge in [-0.1, -0.05) is 0 Å². The zero-order chi connectivity index (χ0) is 8.27. The van der Waals surface area contributed by atoms with Gasteiger partial charge in [0.2, 0.25) is 0 Å². The summed E-state index contributed by atoms with van der Waals surface area (Å²) in [5, 5.41) is 0. The number of aromatic nitrogens is 2. The fourth-order valence-electron chi connectivity index (χ4n) is 0.665. The predicted molar refractivity (Wildman–Crippen MR) is 53.7 cm³/mol. The Morgan fingerprint density at radius 3 is 2.64 bits per heavy atom. The third kappa shape index (κ3) is 2.28. The largest absolute Gasteiger partial charge is 0.359 e. The molecular formula is C7H10IN3. The minimum Gasteiger partial charge on any atom is -0.359 e. The Balaban J connectivity index is 2.81. The summed E-state index contributed by atoms with van der Waals surface area (Å²) < 4.78 is 0.927. The molecule has 0 bridgehead atoms. The quantitative estimate of drug-likeness (QED) is 0.758. The molecule has 4 heteroatoms. The minimum atomic E-state index is 0.924. The van der Waals surface area contributed by atoms with E-state index in [1.165, 1.54) is 0 Å². The van der Waals surface area contributed by atoms with Crippen molar-refractivity contribution in [3.8, 4) is 0 Å². The molecule has 11 heavy (non-hydrogen) atoms. The van der Waals surface area contributed by atoms with Crippen molar-refractivity contribution >= 4 is 28.4 Å². The van der Waals surface area contributed by atoms with Gasteiger partial charge in [0.05, 0.1) is 12.4 Å². The molecular weight excluding hydrogens is 253 g/mol. The zero-order valence-electron chi connectivity index (χ0n) is 6.58. The summed E-state index contributed by atoms with van der Waals surface area (Å²) in [4.78, 5) is 10.4. The van der Waals surface area contributed by atoms with Gasteiger partial charge in [-0.15, -0.1) is 0 Å². The molecule has 60 valence electrons. The van der Waals surface area contributed by atoms with E-state index < -0.39 is 0 Å². The van der Waals surface area contributed by atoms with Crippen molar-refractivity contribution < 1.29 is 0 Å². The van der Waals surface area contributed by atoms with Gasteiger partial charge in [0.25, 0.3) is 0 Å². The molecule has 1 aromatic rings. The zero-order valence-corrected chi connectivity index (χ0v) is 8.74. The van der Waals surface area contributed by atoms with Crippen molar-refractivity contribution in [2.24, 2.45) is 0 Å². The van der Waals surface area contributed by atoms with Crippen LogP contribution >= 0.6 is 22.6 Å². The third-order valence-corrected chi connectivity index (χ3v) is 2.03. The van der Waals surface area contributed by atoms with Gasteiger partial charge < -0.3 is 4.90 Å². The molecule has 0 spiro atoms. The average molecular weight is 263 g/mol. The number of rotatable bonds is 2. The van der Waals surface area contributed by atoms with Crippen LogP contribution in [0.1, 0.15) is 6.92 Å². The molecule has 0 aliphatic rings. The van der Waals surface area contributed by atoms with Crippen molar-refractivity contribution in [2.75, 3.05) is 18.5 Å². The summed E-state index contributed by atoms with van der Waals surface area (Å²) in [5.41, 5.74) is 0.